The van der Waals surface area contributed by atoms with Gasteiger partial charge < -0.3 is 14.5 Å². The third-order valence-electron chi connectivity index (χ3n) is 4.54. The Morgan fingerprint density at radius 1 is 1.40 bits per heavy atom. The molecule has 0 radical (unpaired) electrons. The molecule has 2 atom stereocenters. The minimum atomic E-state index is -0.157. The number of piperidine rings is 1. The lowest BCUT2D eigenvalue weighted by atomic mass is 9.97. The van der Waals surface area contributed by atoms with E-state index in [0.29, 0.717) is 25.5 Å². The van der Waals surface area contributed by atoms with Crippen molar-refractivity contribution in [3.63, 3.8) is 0 Å². The summed E-state index contributed by atoms with van der Waals surface area (Å²) < 4.78 is 5.10. The molecule has 2 rings (SSSR count). The second-order valence-electron chi connectivity index (χ2n) is 6.26. The first-order valence-corrected chi connectivity index (χ1v) is 7.60. The third kappa shape index (κ3) is 3.32. The normalized spacial score (nSPS) is 26.1. The van der Waals surface area contributed by atoms with E-state index in [2.05, 4.69) is 6.92 Å². The predicted octanol–water partition coefficient (Wildman–Crippen LogP) is 1.13. The molecule has 2 amide bonds. The first-order valence-electron chi connectivity index (χ1n) is 7.60. The van der Waals surface area contributed by atoms with Gasteiger partial charge in [0.1, 0.15) is 0 Å². The number of methoxy groups -OCH3 is 1. The van der Waals surface area contributed by atoms with Gasteiger partial charge in [-0.3, -0.25) is 9.59 Å². The number of amides is 2. The lowest BCUT2D eigenvalue weighted by Gasteiger charge is -2.32. The Morgan fingerprint density at radius 2 is 2.05 bits per heavy atom. The van der Waals surface area contributed by atoms with Gasteiger partial charge in [0.25, 0.3) is 0 Å². The molecule has 0 N–H and O–H groups in total. The van der Waals surface area contributed by atoms with Crippen molar-refractivity contribution in [1.82, 2.24) is 9.80 Å². The van der Waals surface area contributed by atoms with E-state index in [-0.39, 0.29) is 23.8 Å². The highest BCUT2D eigenvalue weighted by atomic mass is 16.5. The van der Waals surface area contributed by atoms with Crippen LogP contribution < -0.4 is 0 Å². The molecule has 2 saturated heterocycles. The molecule has 2 aliphatic rings. The van der Waals surface area contributed by atoms with E-state index in [1.807, 2.05) is 11.8 Å². The zero-order valence-corrected chi connectivity index (χ0v) is 12.8. The van der Waals surface area contributed by atoms with Crippen LogP contribution in [0, 0.1) is 11.8 Å². The molecule has 0 aromatic rings. The lowest BCUT2D eigenvalue weighted by molar-refractivity contribution is -0.137. The van der Waals surface area contributed by atoms with Crippen LogP contribution in [-0.4, -0.2) is 61.0 Å². The fourth-order valence-electron chi connectivity index (χ4n) is 3.14. The van der Waals surface area contributed by atoms with E-state index in [9.17, 15) is 9.59 Å². The Labute approximate surface area is 121 Å². The molecule has 0 aliphatic carbocycles. The molecule has 2 heterocycles. The molecule has 0 aromatic heterocycles. The SMILES string of the molecule is COC[C@@H](C)N1C[C@H](C(=O)N2CCC(C)CC2)CC1=O. The Kier molecular flexibility index (Phi) is 5.02. The highest BCUT2D eigenvalue weighted by Crippen LogP contribution is 2.25. The minimum Gasteiger partial charge on any atom is -0.383 e. The number of likely N-dealkylation sites (tertiary alicyclic amines) is 2. The molecular weight excluding hydrogens is 256 g/mol. The molecule has 0 spiro atoms. The van der Waals surface area contributed by atoms with Crippen LogP contribution in [0.25, 0.3) is 0 Å². The minimum absolute atomic E-state index is 0.0479. The molecule has 5 nitrogen and oxygen atoms in total. The summed E-state index contributed by atoms with van der Waals surface area (Å²) in [4.78, 5) is 28.3. The summed E-state index contributed by atoms with van der Waals surface area (Å²) in [6, 6.07) is 0.0479. The largest absolute Gasteiger partial charge is 0.383 e. The van der Waals surface area contributed by atoms with Crippen LogP contribution >= 0.6 is 0 Å². The van der Waals surface area contributed by atoms with Gasteiger partial charge in [-0.2, -0.15) is 0 Å². The van der Waals surface area contributed by atoms with Crippen molar-refractivity contribution in [3.05, 3.63) is 0 Å². The van der Waals surface area contributed by atoms with Crippen LogP contribution in [0.3, 0.4) is 0 Å². The molecule has 0 unspecified atom stereocenters. The zero-order chi connectivity index (χ0) is 14.7. The summed E-state index contributed by atoms with van der Waals surface area (Å²) in [5, 5.41) is 0. The average Bonchev–Trinajstić information content (AvgIpc) is 2.81. The van der Waals surface area contributed by atoms with Gasteiger partial charge >= 0.3 is 0 Å². The van der Waals surface area contributed by atoms with Crippen LogP contribution in [0.15, 0.2) is 0 Å². The van der Waals surface area contributed by atoms with Gasteiger partial charge in [0.05, 0.1) is 18.6 Å². The van der Waals surface area contributed by atoms with Gasteiger partial charge in [-0.25, -0.2) is 0 Å². The Balaban J connectivity index is 1.91. The van der Waals surface area contributed by atoms with E-state index in [0.717, 1.165) is 25.9 Å². The molecule has 2 fully saturated rings. The van der Waals surface area contributed by atoms with Crippen molar-refractivity contribution in [2.45, 2.75) is 39.2 Å². The first kappa shape index (κ1) is 15.3. The number of carbonyl (C=O) groups is 2. The highest BCUT2D eigenvalue weighted by molar-refractivity contribution is 5.89. The fraction of sp³-hybridized carbons (Fsp3) is 0.867. The number of nitrogens with zero attached hydrogens (tertiary/aromatic N) is 2. The fourth-order valence-corrected chi connectivity index (χ4v) is 3.14. The maximum absolute atomic E-state index is 12.5. The van der Waals surface area contributed by atoms with Crippen LogP contribution in [0.4, 0.5) is 0 Å². The Hall–Kier alpha value is -1.10. The van der Waals surface area contributed by atoms with E-state index in [1.165, 1.54) is 0 Å². The van der Waals surface area contributed by atoms with Crippen molar-refractivity contribution in [2.75, 3.05) is 33.4 Å². The van der Waals surface area contributed by atoms with Gasteiger partial charge in [0.15, 0.2) is 0 Å². The van der Waals surface area contributed by atoms with Crippen LogP contribution in [0.5, 0.6) is 0 Å². The van der Waals surface area contributed by atoms with Crippen molar-refractivity contribution in [3.8, 4) is 0 Å². The van der Waals surface area contributed by atoms with E-state index in [4.69, 9.17) is 4.74 Å². The van der Waals surface area contributed by atoms with E-state index < -0.39 is 0 Å². The molecule has 114 valence electrons. The van der Waals surface area contributed by atoms with Gasteiger partial charge in [0, 0.05) is 33.2 Å². The maximum atomic E-state index is 12.5. The van der Waals surface area contributed by atoms with Crippen LogP contribution in [-0.2, 0) is 14.3 Å². The quantitative estimate of drug-likeness (QED) is 0.776. The van der Waals surface area contributed by atoms with Gasteiger partial charge in [-0.1, -0.05) is 6.92 Å². The standard InChI is InChI=1S/C15H26N2O3/c1-11-4-6-16(7-5-11)15(19)13-8-14(18)17(9-13)12(2)10-20-3/h11-13H,4-10H2,1-3H3/t12-,13-/m1/s1. The molecule has 2 aliphatic heterocycles. The van der Waals surface area contributed by atoms with Crippen molar-refractivity contribution in [2.24, 2.45) is 11.8 Å². The average molecular weight is 282 g/mol. The summed E-state index contributed by atoms with van der Waals surface area (Å²) in [5.74, 6) is 0.799. The zero-order valence-electron chi connectivity index (χ0n) is 12.8. The summed E-state index contributed by atoms with van der Waals surface area (Å²) in [7, 11) is 1.63. The number of hydrogen-bond donors (Lipinski definition) is 0. The van der Waals surface area contributed by atoms with Crippen molar-refractivity contribution >= 4 is 11.8 Å². The third-order valence-corrected chi connectivity index (χ3v) is 4.54. The lowest BCUT2D eigenvalue weighted by Crippen LogP contribution is -2.43. The summed E-state index contributed by atoms with van der Waals surface area (Å²) in [6.45, 7) is 6.96. The highest BCUT2D eigenvalue weighted by Gasteiger charge is 2.38. The number of rotatable bonds is 4. The summed E-state index contributed by atoms with van der Waals surface area (Å²) in [5.41, 5.74) is 0. The number of hydrogen-bond acceptors (Lipinski definition) is 3. The summed E-state index contributed by atoms with van der Waals surface area (Å²) >= 11 is 0. The number of carbonyl (C=O) groups excluding carboxylic acids is 2. The molecular formula is C15H26N2O3. The maximum Gasteiger partial charge on any atom is 0.227 e. The summed E-state index contributed by atoms with van der Waals surface area (Å²) in [6.07, 6.45) is 2.52. The second kappa shape index (κ2) is 6.57. The van der Waals surface area contributed by atoms with Gasteiger partial charge in [-0.05, 0) is 25.7 Å². The first-order chi connectivity index (χ1) is 9.52. The predicted molar refractivity (Wildman–Crippen MR) is 76.1 cm³/mol. The monoisotopic (exact) mass is 282 g/mol. The molecule has 0 aromatic carbocycles. The topological polar surface area (TPSA) is 49.9 Å². The number of ether oxygens (including phenoxy) is 1. The smallest absolute Gasteiger partial charge is 0.227 e. The van der Waals surface area contributed by atoms with E-state index >= 15 is 0 Å². The molecule has 0 saturated carbocycles. The van der Waals surface area contributed by atoms with Crippen LogP contribution in [0.2, 0.25) is 0 Å². The van der Waals surface area contributed by atoms with Gasteiger partial charge in [-0.15, -0.1) is 0 Å². The molecule has 5 heteroatoms. The van der Waals surface area contributed by atoms with Crippen molar-refractivity contribution < 1.29 is 14.3 Å². The van der Waals surface area contributed by atoms with Gasteiger partial charge in [0.2, 0.25) is 11.8 Å². The van der Waals surface area contributed by atoms with Crippen molar-refractivity contribution in [1.29, 1.82) is 0 Å². The molecule has 0 bridgehead atoms. The Morgan fingerprint density at radius 3 is 2.65 bits per heavy atom. The molecule has 20 heavy (non-hydrogen) atoms. The van der Waals surface area contributed by atoms with Crippen LogP contribution in [0.1, 0.15) is 33.1 Å². The van der Waals surface area contributed by atoms with E-state index in [1.54, 1.807) is 12.0 Å². The second-order valence-corrected chi connectivity index (χ2v) is 6.26. The Bertz CT molecular complexity index is 364.